The maximum absolute atomic E-state index is 6.14. The van der Waals surface area contributed by atoms with Crippen molar-refractivity contribution in [1.82, 2.24) is 10.3 Å². The van der Waals surface area contributed by atoms with E-state index in [4.69, 9.17) is 33.8 Å². The summed E-state index contributed by atoms with van der Waals surface area (Å²) in [4.78, 5) is 1.89. The van der Waals surface area contributed by atoms with E-state index in [-0.39, 0.29) is 6.17 Å². The van der Waals surface area contributed by atoms with Gasteiger partial charge in [0.15, 0.2) is 0 Å². The zero-order chi connectivity index (χ0) is 12.3. The van der Waals surface area contributed by atoms with Crippen molar-refractivity contribution in [3.63, 3.8) is 0 Å². The fourth-order valence-electron chi connectivity index (χ4n) is 1.43. The van der Waals surface area contributed by atoms with E-state index in [0.29, 0.717) is 15.8 Å². The lowest BCUT2D eigenvalue weighted by molar-refractivity contribution is 0.253. The first kappa shape index (κ1) is 13.5. The van der Waals surface area contributed by atoms with Gasteiger partial charge in [0.2, 0.25) is 0 Å². The van der Waals surface area contributed by atoms with Gasteiger partial charge in [0.25, 0.3) is 0 Å². The lowest BCUT2D eigenvalue weighted by Gasteiger charge is -2.25. The van der Waals surface area contributed by atoms with Crippen LogP contribution in [-0.4, -0.2) is 26.1 Å². The van der Waals surface area contributed by atoms with Crippen molar-refractivity contribution in [2.24, 2.45) is 5.84 Å². The highest BCUT2D eigenvalue weighted by atomic mass is 35.5. The molecule has 3 N–H and O–H groups in total. The zero-order valence-electron chi connectivity index (χ0n) is 9.42. The molecular formula is C10H15Cl2N3O. The number of nitrogens with two attached hydrogens (primary N) is 1. The van der Waals surface area contributed by atoms with Crippen LogP contribution >= 0.6 is 23.2 Å². The fraction of sp³-hybridized carbons (Fsp3) is 0.400. The van der Waals surface area contributed by atoms with Crippen molar-refractivity contribution in [1.29, 1.82) is 0 Å². The molecule has 0 radical (unpaired) electrons. The van der Waals surface area contributed by atoms with Crippen molar-refractivity contribution >= 4 is 23.2 Å². The highest BCUT2D eigenvalue weighted by Crippen LogP contribution is 2.34. The van der Waals surface area contributed by atoms with Crippen LogP contribution in [0.2, 0.25) is 10.0 Å². The number of methoxy groups -OCH3 is 1. The van der Waals surface area contributed by atoms with Crippen molar-refractivity contribution in [2.75, 3.05) is 21.2 Å². The van der Waals surface area contributed by atoms with Gasteiger partial charge in [-0.25, -0.2) is 5.43 Å². The van der Waals surface area contributed by atoms with E-state index < -0.39 is 0 Å². The van der Waals surface area contributed by atoms with E-state index >= 15 is 0 Å². The van der Waals surface area contributed by atoms with Crippen molar-refractivity contribution < 1.29 is 4.74 Å². The van der Waals surface area contributed by atoms with E-state index in [1.165, 1.54) is 0 Å². The minimum Gasteiger partial charge on any atom is -0.495 e. The normalized spacial score (nSPS) is 12.9. The number of hydrogen-bond acceptors (Lipinski definition) is 4. The molecule has 0 saturated heterocycles. The van der Waals surface area contributed by atoms with Gasteiger partial charge in [0, 0.05) is 11.6 Å². The first-order chi connectivity index (χ1) is 7.51. The van der Waals surface area contributed by atoms with E-state index in [1.807, 2.05) is 19.0 Å². The topological polar surface area (TPSA) is 50.5 Å². The Morgan fingerprint density at radius 1 is 1.31 bits per heavy atom. The van der Waals surface area contributed by atoms with E-state index in [9.17, 15) is 0 Å². The van der Waals surface area contributed by atoms with Crippen LogP contribution in [0.4, 0.5) is 0 Å². The molecule has 90 valence electrons. The summed E-state index contributed by atoms with van der Waals surface area (Å²) in [6.45, 7) is 0. The molecule has 6 heteroatoms. The minimum absolute atomic E-state index is 0.198. The molecule has 1 atom stereocenters. The van der Waals surface area contributed by atoms with Crippen LogP contribution in [0.25, 0.3) is 0 Å². The van der Waals surface area contributed by atoms with E-state index in [2.05, 4.69) is 5.43 Å². The fourth-order valence-corrected chi connectivity index (χ4v) is 1.93. The highest BCUT2D eigenvalue weighted by Gasteiger charge is 2.17. The number of hydrogen-bond donors (Lipinski definition) is 2. The molecule has 0 amide bonds. The lowest BCUT2D eigenvalue weighted by atomic mass is 10.1. The van der Waals surface area contributed by atoms with E-state index in [1.54, 1.807) is 19.2 Å². The molecule has 0 spiro atoms. The molecule has 4 nitrogen and oxygen atoms in total. The van der Waals surface area contributed by atoms with Gasteiger partial charge in [-0.05, 0) is 20.2 Å². The van der Waals surface area contributed by atoms with Gasteiger partial charge in [-0.2, -0.15) is 0 Å². The zero-order valence-corrected chi connectivity index (χ0v) is 10.9. The Bertz CT molecular complexity index is 371. The number of hydrazine groups is 1. The third kappa shape index (κ3) is 2.78. The maximum Gasteiger partial charge on any atom is 0.138 e. The predicted octanol–water partition coefficient (Wildman–Crippen LogP) is 2.03. The lowest BCUT2D eigenvalue weighted by Crippen LogP contribution is -2.37. The molecule has 0 fully saturated rings. The van der Waals surface area contributed by atoms with Gasteiger partial charge >= 0.3 is 0 Å². The smallest absolute Gasteiger partial charge is 0.138 e. The largest absolute Gasteiger partial charge is 0.495 e. The molecule has 0 aliphatic carbocycles. The summed E-state index contributed by atoms with van der Waals surface area (Å²) in [7, 11) is 5.32. The third-order valence-corrected chi connectivity index (χ3v) is 2.86. The standard InChI is InChI=1S/C10H15Cl2N3O/c1-15(2)10(14-13)6-4-8(12)9(16-3)5-7(6)11/h4-5,10,14H,13H2,1-3H3. The molecule has 0 aliphatic heterocycles. The first-order valence-electron chi connectivity index (χ1n) is 4.66. The van der Waals surface area contributed by atoms with Gasteiger partial charge < -0.3 is 4.74 Å². The average Bonchev–Trinajstić information content (AvgIpc) is 2.23. The second-order valence-electron chi connectivity index (χ2n) is 3.54. The molecule has 0 heterocycles. The second-order valence-corrected chi connectivity index (χ2v) is 4.36. The summed E-state index contributed by atoms with van der Waals surface area (Å²) in [6, 6.07) is 3.42. The Balaban J connectivity index is 3.18. The number of nitrogens with zero attached hydrogens (tertiary/aromatic N) is 1. The van der Waals surface area contributed by atoms with Gasteiger partial charge in [0.1, 0.15) is 5.75 Å². The predicted molar refractivity (Wildman–Crippen MR) is 66.8 cm³/mol. The Morgan fingerprint density at radius 2 is 1.94 bits per heavy atom. The quantitative estimate of drug-likeness (QED) is 0.496. The Labute approximate surface area is 105 Å². The summed E-state index contributed by atoms with van der Waals surface area (Å²) >= 11 is 12.2. The Hall–Kier alpha value is -0.520. The third-order valence-electron chi connectivity index (χ3n) is 2.24. The molecular weight excluding hydrogens is 249 g/mol. The van der Waals surface area contributed by atoms with Gasteiger partial charge in [-0.15, -0.1) is 0 Å². The number of nitrogens with one attached hydrogen (secondary N) is 1. The highest BCUT2D eigenvalue weighted by molar-refractivity contribution is 6.34. The number of benzene rings is 1. The summed E-state index contributed by atoms with van der Waals surface area (Å²) in [5, 5.41) is 1.06. The molecule has 1 rings (SSSR count). The van der Waals surface area contributed by atoms with Gasteiger partial charge in [0.05, 0.1) is 23.3 Å². The molecule has 0 aliphatic rings. The molecule has 1 aromatic rings. The summed E-state index contributed by atoms with van der Waals surface area (Å²) < 4.78 is 5.07. The van der Waals surface area contributed by atoms with E-state index in [0.717, 1.165) is 5.56 Å². The van der Waals surface area contributed by atoms with Crippen LogP contribution in [0.5, 0.6) is 5.75 Å². The maximum atomic E-state index is 6.14. The number of halogens is 2. The molecule has 0 aromatic heterocycles. The van der Waals surface area contributed by atoms with Crippen molar-refractivity contribution in [3.8, 4) is 5.75 Å². The Morgan fingerprint density at radius 3 is 2.38 bits per heavy atom. The van der Waals surface area contributed by atoms with Crippen LogP contribution in [-0.2, 0) is 0 Å². The summed E-state index contributed by atoms with van der Waals surface area (Å²) in [5.41, 5.74) is 3.47. The summed E-state index contributed by atoms with van der Waals surface area (Å²) in [6.07, 6.45) is -0.198. The van der Waals surface area contributed by atoms with Crippen LogP contribution in [0.3, 0.4) is 0 Å². The van der Waals surface area contributed by atoms with Crippen LogP contribution in [0, 0.1) is 0 Å². The number of ether oxygens (including phenoxy) is 1. The van der Waals surface area contributed by atoms with Crippen LogP contribution in [0.15, 0.2) is 12.1 Å². The first-order valence-corrected chi connectivity index (χ1v) is 5.42. The van der Waals surface area contributed by atoms with Crippen molar-refractivity contribution in [3.05, 3.63) is 27.7 Å². The van der Waals surface area contributed by atoms with Gasteiger partial charge in [-0.3, -0.25) is 10.7 Å². The molecule has 1 unspecified atom stereocenters. The average molecular weight is 264 g/mol. The van der Waals surface area contributed by atoms with Crippen LogP contribution < -0.4 is 16.0 Å². The number of rotatable bonds is 4. The summed E-state index contributed by atoms with van der Waals surface area (Å²) in [5.74, 6) is 6.02. The van der Waals surface area contributed by atoms with Crippen molar-refractivity contribution in [2.45, 2.75) is 6.17 Å². The molecule has 0 saturated carbocycles. The molecule has 1 aromatic carbocycles. The van der Waals surface area contributed by atoms with Crippen LogP contribution in [0.1, 0.15) is 11.7 Å². The Kier molecular flexibility index (Phi) is 4.83. The molecule has 0 bridgehead atoms. The SMILES string of the molecule is COc1cc(Cl)c(C(NN)N(C)C)cc1Cl. The monoisotopic (exact) mass is 263 g/mol. The molecule has 16 heavy (non-hydrogen) atoms. The van der Waals surface area contributed by atoms with Gasteiger partial charge in [-0.1, -0.05) is 23.2 Å². The minimum atomic E-state index is -0.198. The second kappa shape index (κ2) is 5.70.